The van der Waals surface area contributed by atoms with Gasteiger partial charge < -0.3 is 15.0 Å². The lowest BCUT2D eigenvalue weighted by atomic mass is 9.97. The highest BCUT2D eigenvalue weighted by atomic mass is 16.6. The molecule has 0 saturated carbocycles. The SMILES string of the molecule is Cn1ncnc1-c1cc(-c2ccncc2)cc2c1CCN2C(=O)C(Cc1ccccc1)NC(=O)OC(C)(C)C. The maximum atomic E-state index is 14.1. The molecular formula is C30H32N6O3. The van der Waals surface area contributed by atoms with Crippen LogP contribution < -0.4 is 10.2 Å². The number of benzene rings is 2. The lowest BCUT2D eigenvalue weighted by Crippen LogP contribution is -2.50. The number of pyridine rings is 1. The predicted octanol–water partition coefficient (Wildman–Crippen LogP) is 4.57. The van der Waals surface area contributed by atoms with Gasteiger partial charge in [-0.3, -0.25) is 9.78 Å². The van der Waals surface area contributed by atoms with Gasteiger partial charge in [-0.2, -0.15) is 5.10 Å². The van der Waals surface area contributed by atoms with Gasteiger partial charge in [0.05, 0.1) is 0 Å². The minimum absolute atomic E-state index is 0.195. The highest BCUT2D eigenvalue weighted by Crippen LogP contribution is 2.40. The first-order chi connectivity index (χ1) is 18.7. The fourth-order valence-corrected chi connectivity index (χ4v) is 4.87. The minimum Gasteiger partial charge on any atom is -0.444 e. The van der Waals surface area contributed by atoms with Crippen molar-refractivity contribution < 1.29 is 14.3 Å². The maximum Gasteiger partial charge on any atom is 0.408 e. The van der Waals surface area contributed by atoms with Crippen molar-refractivity contribution >= 4 is 17.7 Å². The largest absolute Gasteiger partial charge is 0.444 e. The van der Waals surface area contributed by atoms with E-state index in [0.29, 0.717) is 19.4 Å². The molecule has 0 radical (unpaired) electrons. The van der Waals surface area contributed by atoms with E-state index in [1.807, 2.05) is 55.6 Å². The monoisotopic (exact) mass is 524 g/mol. The van der Waals surface area contributed by atoms with E-state index in [1.165, 1.54) is 6.33 Å². The summed E-state index contributed by atoms with van der Waals surface area (Å²) in [5.74, 6) is 0.531. The molecule has 0 spiro atoms. The average molecular weight is 525 g/mol. The molecule has 9 nitrogen and oxygen atoms in total. The lowest BCUT2D eigenvalue weighted by Gasteiger charge is -2.27. The van der Waals surface area contributed by atoms with Gasteiger partial charge in [0.15, 0.2) is 5.82 Å². The standard InChI is InChI=1S/C30H32N6O3/c1-30(2,3)39-29(38)34-25(16-20-8-6-5-7-9-20)28(37)36-15-12-23-24(27-32-19-33-35(27)4)17-22(18-26(23)36)21-10-13-31-14-11-21/h5-11,13-14,17-19,25H,12,15-16H2,1-4H3,(H,34,38). The highest BCUT2D eigenvalue weighted by Gasteiger charge is 2.34. The van der Waals surface area contributed by atoms with Gasteiger partial charge in [-0.25, -0.2) is 14.5 Å². The van der Waals surface area contributed by atoms with E-state index in [4.69, 9.17) is 4.74 Å². The van der Waals surface area contributed by atoms with Crippen LogP contribution in [0.5, 0.6) is 0 Å². The van der Waals surface area contributed by atoms with E-state index in [2.05, 4.69) is 26.4 Å². The number of aryl methyl sites for hydroxylation is 1. The quantitative estimate of drug-likeness (QED) is 0.397. The lowest BCUT2D eigenvalue weighted by molar-refractivity contribution is -0.120. The molecule has 1 N–H and O–H groups in total. The van der Waals surface area contributed by atoms with E-state index < -0.39 is 17.7 Å². The molecule has 2 amide bonds. The van der Waals surface area contributed by atoms with Crippen molar-refractivity contribution in [3.63, 3.8) is 0 Å². The Labute approximate surface area is 227 Å². The van der Waals surface area contributed by atoms with Gasteiger partial charge >= 0.3 is 6.09 Å². The molecule has 0 aliphatic carbocycles. The summed E-state index contributed by atoms with van der Waals surface area (Å²) in [5, 5.41) is 7.11. The Morgan fingerprint density at radius 2 is 1.79 bits per heavy atom. The molecule has 1 unspecified atom stereocenters. The molecule has 1 aliphatic rings. The van der Waals surface area contributed by atoms with Crippen LogP contribution in [0.15, 0.2) is 73.3 Å². The number of anilines is 1. The maximum absolute atomic E-state index is 14.1. The fraction of sp³-hybridized carbons (Fsp3) is 0.300. The van der Waals surface area contributed by atoms with Crippen LogP contribution in [-0.4, -0.2) is 49.9 Å². The fourth-order valence-electron chi connectivity index (χ4n) is 4.87. The summed E-state index contributed by atoms with van der Waals surface area (Å²) in [6.45, 7) is 5.88. The first-order valence-electron chi connectivity index (χ1n) is 13.0. The van der Waals surface area contributed by atoms with Crippen LogP contribution in [0.4, 0.5) is 10.5 Å². The van der Waals surface area contributed by atoms with Gasteiger partial charge in [-0.15, -0.1) is 0 Å². The van der Waals surface area contributed by atoms with Gasteiger partial charge in [0.25, 0.3) is 0 Å². The first-order valence-corrected chi connectivity index (χ1v) is 13.0. The zero-order valence-corrected chi connectivity index (χ0v) is 22.6. The molecule has 4 aromatic rings. The van der Waals surface area contributed by atoms with Crippen LogP contribution in [0.3, 0.4) is 0 Å². The van der Waals surface area contributed by atoms with Crippen LogP contribution in [-0.2, 0) is 29.4 Å². The van der Waals surface area contributed by atoms with Crippen molar-refractivity contribution in [2.24, 2.45) is 7.05 Å². The van der Waals surface area contributed by atoms with Crippen molar-refractivity contribution in [1.29, 1.82) is 0 Å². The number of hydrogen-bond donors (Lipinski definition) is 1. The van der Waals surface area contributed by atoms with Gasteiger partial charge in [0.1, 0.15) is 18.0 Å². The first kappa shape index (κ1) is 26.1. The number of aromatic nitrogens is 4. The highest BCUT2D eigenvalue weighted by molar-refractivity contribution is 6.02. The number of alkyl carbamates (subject to hydrolysis) is 1. The second-order valence-electron chi connectivity index (χ2n) is 10.6. The van der Waals surface area contributed by atoms with Gasteiger partial charge in [-0.1, -0.05) is 30.3 Å². The Morgan fingerprint density at radius 3 is 2.46 bits per heavy atom. The average Bonchev–Trinajstić information content (AvgIpc) is 3.53. The van der Waals surface area contributed by atoms with E-state index in [0.717, 1.165) is 39.3 Å². The number of carbonyl (C=O) groups is 2. The number of nitrogens with zero attached hydrogens (tertiary/aromatic N) is 5. The summed E-state index contributed by atoms with van der Waals surface area (Å²) in [6.07, 6.45) is 5.39. The molecule has 2 aromatic heterocycles. The molecule has 2 aromatic carbocycles. The smallest absolute Gasteiger partial charge is 0.408 e. The van der Waals surface area contributed by atoms with E-state index in [-0.39, 0.29) is 5.91 Å². The summed E-state index contributed by atoms with van der Waals surface area (Å²) >= 11 is 0. The number of carbonyl (C=O) groups excluding carboxylic acids is 2. The molecule has 3 heterocycles. The molecule has 0 bridgehead atoms. The van der Waals surface area contributed by atoms with E-state index in [1.54, 1.807) is 42.7 Å². The van der Waals surface area contributed by atoms with E-state index >= 15 is 0 Å². The molecule has 1 atom stereocenters. The number of nitrogens with one attached hydrogen (secondary N) is 1. The Balaban J connectivity index is 1.54. The molecule has 200 valence electrons. The van der Waals surface area contributed by atoms with Crippen LogP contribution in [0, 0.1) is 0 Å². The Bertz CT molecular complexity index is 1480. The van der Waals surface area contributed by atoms with Gasteiger partial charge in [-0.05, 0) is 73.7 Å². The van der Waals surface area contributed by atoms with Gasteiger partial charge in [0, 0.05) is 43.7 Å². The van der Waals surface area contributed by atoms with Crippen molar-refractivity contribution in [3.8, 4) is 22.5 Å². The molecule has 0 saturated heterocycles. The van der Waals surface area contributed by atoms with Crippen LogP contribution >= 0.6 is 0 Å². The van der Waals surface area contributed by atoms with Crippen LogP contribution in [0.1, 0.15) is 31.9 Å². The molecule has 9 heteroatoms. The van der Waals surface area contributed by atoms with E-state index in [9.17, 15) is 9.59 Å². The zero-order valence-electron chi connectivity index (χ0n) is 22.6. The van der Waals surface area contributed by atoms with Crippen molar-refractivity contribution in [3.05, 3.63) is 84.4 Å². The predicted molar refractivity (Wildman–Crippen MR) is 149 cm³/mol. The zero-order chi connectivity index (χ0) is 27.6. The Kier molecular flexibility index (Phi) is 7.15. The molecular weight excluding hydrogens is 492 g/mol. The number of fused-ring (bicyclic) bond motifs is 1. The number of ether oxygens (including phenoxy) is 1. The second kappa shape index (κ2) is 10.7. The number of hydrogen-bond acceptors (Lipinski definition) is 6. The van der Waals surface area contributed by atoms with Crippen LogP contribution in [0.25, 0.3) is 22.5 Å². The number of rotatable bonds is 6. The minimum atomic E-state index is -0.809. The molecule has 1 aliphatic heterocycles. The molecule has 5 rings (SSSR count). The number of amides is 2. The summed E-state index contributed by atoms with van der Waals surface area (Å²) in [4.78, 5) is 37.3. The summed E-state index contributed by atoms with van der Waals surface area (Å²) in [6, 6.07) is 16.8. The van der Waals surface area contributed by atoms with Crippen molar-refractivity contribution in [2.45, 2.75) is 45.3 Å². The Hall–Kier alpha value is -4.53. The van der Waals surface area contributed by atoms with Crippen molar-refractivity contribution in [2.75, 3.05) is 11.4 Å². The Morgan fingerprint density at radius 1 is 1.05 bits per heavy atom. The van der Waals surface area contributed by atoms with Crippen LogP contribution in [0.2, 0.25) is 0 Å². The third-order valence-electron chi connectivity index (χ3n) is 6.61. The summed E-state index contributed by atoms with van der Waals surface area (Å²) in [5.41, 5.74) is 4.92. The van der Waals surface area contributed by atoms with Crippen molar-refractivity contribution in [1.82, 2.24) is 25.1 Å². The normalized spacial score (nSPS) is 13.6. The second-order valence-corrected chi connectivity index (χ2v) is 10.6. The molecule has 39 heavy (non-hydrogen) atoms. The summed E-state index contributed by atoms with van der Waals surface area (Å²) in [7, 11) is 1.85. The molecule has 0 fully saturated rings. The summed E-state index contributed by atoms with van der Waals surface area (Å²) < 4.78 is 7.24. The topological polar surface area (TPSA) is 102 Å². The third-order valence-corrected chi connectivity index (χ3v) is 6.61. The van der Waals surface area contributed by atoms with Gasteiger partial charge in [0.2, 0.25) is 5.91 Å². The third kappa shape index (κ3) is 5.82.